The second-order valence-electron chi connectivity index (χ2n) is 1.80. The van der Waals surface area contributed by atoms with Gasteiger partial charge in [0.2, 0.25) is 5.76 Å². The summed E-state index contributed by atoms with van der Waals surface area (Å²) < 4.78 is 5.53. The first-order valence-corrected chi connectivity index (χ1v) is 3.58. The van der Waals surface area contributed by atoms with E-state index in [0.717, 1.165) is 10.2 Å². The van der Waals surface area contributed by atoms with Gasteiger partial charge in [0.05, 0.1) is 0 Å². The molecule has 0 atom stereocenters. The van der Waals surface area contributed by atoms with E-state index >= 15 is 0 Å². The van der Waals surface area contributed by atoms with Crippen LogP contribution in [-0.2, 0) is 0 Å². The van der Waals surface area contributed by atoms with Gasteiger partial charge in [-0.05, 0) is 11.4 Å². The molecule has 0 fully saturated rings. The maximum atomic E-state index is 10.3. The molecule has 0 saturated carbocycles. The maximum absolute atomic E-state index is 10.3. The molecule has 0 aliphatic carbocycles. The van der Waals surface area contributed by atoms with Crippen LogP contribution in [0.4, 0.5) is 0 Å². The largest absolute Gasteiger partial charge is 0.351 e. The quantitative estimate of drug-likeness (QED) is 0.585. The van der Waals surface area contributed by atoms with E-state index in [9.17, 15) is 4.79 Å². The normalized spacial score (nSPS) is 10.4. The molecule has 0 unspecified atom stereocenters. The van der Waals surface area contributed by atoms with E-state index in [4.69, 9.17) is 4.52 Å². The van der Waals surface area contributed by atoms with Crippen molar-refractivity contribution >= 4 is 27.8 Å². The van der Waals surface area contributed by atoms with E-state index in [1.165, 1.54) is 11.3 Å². The van der Waals surface area contributed by atoms with Gasteiger partial charge in [0.25, 0.3) is 0 Å². The minimum atomic E-state index is 0.324. The second-order valence-corrected chi connectivity index (χ2v) is 2.72. The average Bonchev–Trinajstić information content (AvgIpc) is 2.44. The fourth-order valence-corrected chi connectivity index (χ4v) is 1.53. The first-order valence-electron chi connectivity index (χ1n) is 2.70. The lowest BCUT2D eigenvalue weighted by Crippen LogP contribution is -1.68. The Hall–Kier alpha value is -1.16. The zero-order valence-electron chi connectivity index (χ0n) is 4.90. The molecule has 0 bridgehead atoms. The summed E-state index contributed by atoms with van der Waals surface area (Å²) in [6.07, 6.45) is 0.672. The summed E-state index contributed by atoms with van der Waals surface area (Å²) in [5, 5.41) is 5.53. The van der Waals surface area contributed by atoms with Crippen LogP contribution in [0.25, 0.3) is 10.2 Å². The van der Waals surface area contributed by atoms with E-state index in [0.29, 0.717) is 12.0 Å². The maximum Gasteiger partial charge on any atom is 0.217 e. The third-order valence-corrected chi connectivity index (χ3v) is 2.14. The molecule has 0 aromatic carbocycles. The number of nitrogens with zero attached hydrogens (tertiary/aromatic N) is 1. The van der Waals surface area contributed by atoms with Gasteiger partial charge in [0.1, 0.15) is 10.2 Å². The Labute approximate surface area is 60.2 Å². The van der Waals surface area contributed by atoms with Gasteiger partial charge in [-0.15, -0.1) is 11.3 Å². The number of carbonyl (C=O) groups excluding carboxylic acids is 1. The Bertz CT molecular complexity index is 362. The van der Waals surface area contributed by atoms with Crippen LogP contribution in [0, 0.1) is 0 Å². The lowest BCUT2D eigenvalue weighted by atomic mass is 10.4. The SMILES string of the molecule is O=Cc1onc2ccsc12. The number of thiophene rings is 1. The molecule has 10 heavy (non-hydrogen) atoms. The zero-order valence-corrected chi connectivity index (χ0v) is 5.72. The van der Waals surface area contributed by atoms with E-state index in [-0.39, 0.29) is 0 Å². The van der Waals surface area contributed by atoms with Crippen LogP contribution in [-0.4, -0.2) is 11.4 Å². The molecule has 0 radical (unpaired) electrons. The van der Waals surface area contributed by atoms with Gasteiger partial charge < -0.3 is 4.52 Å². The molecule has 2 heterocycles. The Morgan fingerprint density at radius 3 is 3.40 bits per heavy atom. The minimum absolute atomic E-state index is 0.324. The lowest BCUT2D eigenvalue weighted by molar-refractivity contribution is 0.109. The van der Waals surface area contributed by atoms with Crippen molar-refractivity contribution in [3.63, 3.8) is 0 Å². The van der Waals surface area contributed by atoms with Crippen LogP contribution in [0.5, 0.6) is 0 Å². The van der Waals surface area contributed by atoms with Gasteiger partial charge in [-0.3, -0.25) is 4.79 Å². The Kier molecular flexibility index (Phi) is 1.07. The molecular weight excluding hydrogens is 150 g/mol. The van der Waals surface area contributed by atoms with Crippen molar-refractivity contribution in [1.82, 2.24) is 5.16 Å². The van der Waals surface area contributed by atoms with Gasteiger partial charge >= 0.3 is 0 Å². The predicted molar refractivity (Wildman–Crippen MR) is 37.3 cm³/mol. The fraction of sp³-hybridized carbons (Fsp3) is 0. The van der Waals surface area contributed by atoms with Crippen LogP contribution in [0.15, 0.2) is 16.0 Å². The van der Waals surface area contributed by atoms with Gasteiger partial charge in [-0.1, -0.05) is 5.16 Å². The number of fused-ring (bicyclic) bond motifs is 1. The van der Waals surface area contributed by atoms with Gasteiger partial charge in [0.15, 0.2) is 6.29 Å². The van der Waals surface area contributed by atoms with Crippen molar-refractivity contribution in [3.8, 4) is 0 Å². The predicted octanol–water partition coefficient (Wildman–Crippen LogP) is 1.70. The third kappa shape index (κ3) is 0.593. The number of carbonyl (C=O) groups is 1. The highest BCUT2D eigenvalue weighted by atomic mass is 32.1. The molecule has 0 saturated heterocycles. The monoisotopic (exact) mass is 153 g/mol. The average molecular weight is 153 g/mol. The van der Waals surface area contributed by atoms with Crippen LogP contribution >= 0.6 is 11.3 Å². The van der Waals surface area contributed by atoms with Crippen LogP contribution in [0.2, 0.25) is 0 Å². The molecule has 0 aliphatic heterocycles. The Balaban J connectivity index is 2.88. The molecule has 2 aromatic heterocycles. The zero-order chi connectivity index (χ0) is 6.97. The Morgan fingerprint density at radius 2 is 2.60 bits per heavy atom. The first-order chi connectivity index (χ1) is 4.92. The summed E-state index contributed by atoms with van der Waals surface area (Å²) in [6.45, 7) is 0. The van der Waals surface area contributed by atoms with Gasteiger partial charge in [-0.2, -0.15) is 0 Å². The number of aldehydes is 1. The summed E-state index contributed by atoms with van der Waals surface area (Å²) in [4.78, 5) is 10.3. The van der Waals surface area contributed by atoms with Crippen LogP contribution in [0.1, 0.15) is 10.6 Å². The van der Waals surface area contributed by atoms with E-state index in [1.54, 1.807) is 0 Å². The minimum Gasteiger partial charge on any atom is -0.351 e. The molecule has 0 N–H and O–H groups in total. The fourth-order valence-electron chi connectivity index (χ4n) is 0.774. The van der Waals surface area contributed by atoms with Gasteiger partial charge in [-0.25, -0.2) is 0 Å². The molecule has 3 nitrogen and oxygen atoms in total. The van der Waals surface area contributed by atoms with Crippen molar-refractivity contribution in [1.29, 1.82) is 0 Å². The van der Waals surface area contributed by atoms with E-state index < -0.39 is 0 Å². The first kappa shape index (κ1) is 5.61. The van der Waals surface area contributed by atoms with Crippen molar-refractivity contribution in [2.24, 2.45) is 0 Å². The number of hydrogen-bond donors (Lipinski definition) is 0. The van der Waals surface area contributed by atoms with Crippen molar-refractivity contribution in [3.05, 3.63) is 17.2 Å². The standard InChI is InChI=1S/C6H3NO2S/c8-3-5-6-4(7-9-5)1-2-10-6/h1-3H. The van der Waals surface area contributed by atoms with Crippen molar-refractivity contribution < 1.29 is 9.32 Å². The number of hydrogen-bond acceptors (Lipinski definition) is 4. The summed E-state index contributed by atoms with van der Waals surface area (Å²) in [5.41, 5.74) is 0.757. The summed E-state index contributed by atoms with van der Waals surface area (Å²) in [6, 6.07) is 1.82. The lowest BCUT2D eigenvalue weighted by Gasteiger charge is -1.71. The topological polar surface area (TPSA) is 43.1 Å². The highest BCUT2D eigenvalue weighted by Crippen LogP contribution is 2.22. The molecular formula is C6H3NO2S. The number of rotatable bonds is 1. The van der Waals surface area contributed by atoms with Crippen LogP contribution in [0.3, 0.4) is 0 Å². The van der Waals surface area contributed by atoms with Crippen molar-refractivity contribution in [2.45, 2.75) is 0 Å². The van der Waals surface area contributed by atoms with Gasteiger partial charge in [0, 0.05) is 0 Å². The summed E-state index contributed by atoms with van der Waals surface area (Å²) in [5.74, 6) is 0.324. The summed E-state index contributed by atoms with van der Waals surface area (Å²) in [7, 11) is 0. The molecule has 50 valence electrons. The summed E-state index contributed by atoms with van der Waals surface area (Å²) >= 11 is 1.46. The Morgan fingerprint density at radius 1 is 1.70 bits per heavy atom. The smallest absolute Gasteiger partial charge is 0.217 e. The highest BCUT2D eigenvalue weighted by molar-refractivity contribution is 7.17. The molecule has 0 aliphatic rings. The molecule has 0 amide bonds. The number of aromatic nitrogens is 1. The van der Waals surface area contributed by atoms with Crippen LogP contribution < -0.4 is 0 Å². The molecule has 0 spiro atoms. The van der Waals surface area contributed by atoms with E-state index in [1.807, 2.05) is 11.4 Å². The van der Waals surface area contributed by atoms with Crippen molar-refractivity contribution in [2.75, 3.05) is 0 Å². The molecule has 2 aromatic rings. The molecule has 2 rings (SSSR count). The van der Waals surface area contributed by atoms with E-state index in [2.05, 4.69) is 5.16 Å². The molecule has 4 heteroatoms. The highest BCUT2D eigenvalue weighted by Gasteiger charge is 2.06. The second kappa shape index (κ2) is 1.91. The third-order valence-electron chi connectivity index (χ3n) is 1.22.